The molecule has 1 aliphatic heterocycles. The van der Waals surface area contributed by atoms with Crippen LogP contribution in [0.4, 0.5) is 5.69 Å². The first-order chi connectivity index (χ1) is 11.2. The molecular formula is C17H11ClN2O3. The molecule has 0 bridgehead atoms. The van der Waals surface area contributed by atoms with E-state index in [2.05, 4.69) is 10.3 Å². The Hall–Kier alpha value is -2.79. The van der Waals surface area contributed by atoms with Crippen molar-refractivity contribution in [3.8, 4) is 11.5 Å². The third kappa shape index (κ3) is 2.45. The molecule has 2 aromatic carbocycles. The molecule has 1 N–H and O–H groups in total. The van der Waals surface area contributed by atoms with E-state index in [4.69, 9.17) is 21.1 Å². The highest BCUT2D eigenvalue weighted by Gasteiger charge is 2.21. The van der Waals surface area contributed by atoms with Crippen LogP contribution in [0.25, 0.3) is 10.9 Å². The molecule has 4 rings (SSSR count). The number of rotatable bonds is 2. The van der Waals surface area contributed by atoms with Crippen molar-refractivity contribution in [1.82, 2.24) is 4.98 Å². The van der Waals surface area contributed by atoms with E-state index in [-0.39, 0.29) is 12.7 Å². The van der Waals surface area contributed by atoms with E-state index in [0.29, 0.717) is 27.8 Å². The summed E-state index contributed by atoms with van der Waals surface area (Å²) in [4.78, 5) is 16.8. The molecule has 0 atom stereocenters. The van der Waals surface area contributed by atoms with Crippen LogP contribution in [0.15, 0.2) is 48.7 Å². The van der Waals surface area contributed by atoms with E-state index in [1.807, 2.05) is 30.3 Å². The van der Waals surface area contributed by atoms with Crippen molar-refractivity contribution in [1.29, 1.82) is 0 Å². The zero-order valence-electron chi connectivity index (χ0n) is 11.9. The highest BCUT2D eigenvalue weighted by Crippen LogP contribution is 2.40. The Kier molecular flexibility index (Phi) is 3.28. The van der Waals surface area contributed by atoms with Gasteiger partial charge in [0.05, 0.1) is 16.2 Å². The minimum Gasteiger partial charge on any atom is -0.454 e. The molecule has 3 aromatic rings. The minimum atomic E-state index is -0.276. The quantitative estimate of drug-likeness (QED) is 0.776. The number of aromatic nitrogens is 1. The van der Waals surface area contributed by atoms with E-state index < -0.39 is 0 Å². The molecule has 0 unspecified atom stereocenters. The Morgan fingerprint density at radius 1 is 1.17 bits per heavy atom. The fraction of sp³-hybridized carbons (Fsp3) is 0.0588. The first-order valence-corrected chi connectivity index (χ1v) is 7.34. The number of benzene rings is 2. The van der Waals surface area contributed by atoms with Crippen LogP contribution < -0.4 is 14.8 Å². The molecule has 0 spiro atoms. The number of amides is 1. The number of hydrogen-bond donors (Lipinski definition) is 1. The molecule has 114 valence electrons. The van der Waals surface area contributed by atoms with Crippen molar-refractivity contribution < 1.29 is 14.3 Å². The van der Waals surface area contributed by atoms with Crippen molar-refractivity contribution >= 4 is 34.1 Å². The fourth-order valence-electron chi connectivity index (χ4n) is 2.51. The number of ether oxygens (including phenoxy) is 2. The maximum absolute atomic E-state index is 12.5. The van der Waals surface area contributed by atoms with E-state index in [0.717, 1.165) is 10.9 Å². The zero-order valence-corrected chi connectivity index (χ0v) is 12.6. The predicted octanol–water partition coefficient (Wildman–Crippen LogP) is 3.87. The number of hydrogen-bond acceptors (Lipinski definition) is 4. The van der Waals surface area contributed by atoms with Gasteiger partial charge in [-0.05, 0) is 36.4 Å². The maximum Gasteiger partial charge on any atom is 0.255 e. The summed E-state index contributed by atoms with van der Waals surface area (Å²) in [5.41, 5.74) is 1.91. The summed E-state index contributed by atoms with van der Waals surface area (Å²) < 4.78 is 10.5. The Bertz CT molecular complexity index is 922. The molecule has 0 fully saturated rings. The standard InChI is InChI=1S/C17H11ClN2O3/c18-12-7-10(8-15-16(12)23-9-22-15)17(21)20-14-5-1-4-13-11(14)3-2-6-19-13/h1-8H,9H2,(H,20,21). The predicted molar refractivity (Wildman–Crippen MR) is 87.3 cm³/mol. The highest BCUT2D eigenvalue weighted by molar-refractivity contribution is 6.33. The molecular weight excluding hydrogens is 316 g/mol. The van der Waals surface area contributed by atoms with Crippen LogP contribution in [0, 0.1) is 0 Å². The van der Waals surface area contributed by atoms with Crippen LogP contribution in [0.1, 0.15) is 10.4 Å². The number of carbonyl (C=O) groups excluding carboxylic acids is 1. The van der Waals surface area contributed by atoms with Gasteiger partial charge in [0.2, 0.25) is 6.79 Å². The smallest absolute Gasteiger partial charge is 0.255 e. The molecule has 5 nitrogen and oxygen atoms in total. The van der Waals surface area contributed by atoms with Crippen LogP contribution in [-0.2, 0) is 0 Å². The first-order valence-electron chi connectivity index (χ1n) is 6.96. The number of halogens is 1. The van der Waals surface area contributed by atoms with Gasteiger partial charge in [0.25, 0.3) is 5.91 Å². The number of nitrogens with zero attached hydrogens (tertiary/aromatic N) is 1. The molecule has 23 heavy (non-hydrogen) atoms. The van der Waals surface area contributed by atoms with Crippen molar-refractivity contribution in [2.75, 3.05) is 12.1 Å². The zero-order chi connectivity index (χ0) is 15.8. The Morgan fingerprint density at radius 2 is 2.09 bits per heavy atom. The van der Waals surface area contributed by atoms with Crippen LogP contribution in [0.2, 0.25) is 5.02 Å². The number of anilines is 1. The van der Waals surface area contributed by atoms with Crippen LogP contribution in [0.3, 0.4) is 0 Å². The second kappa shape index (κ2) is 5.44. The molecule has 1 aromatic heterocycles. The highest BCUT2D eigenvalue weighted by atomic mass is 35.5. The Balaban J connectivity index is 1.69. The van der Waals surface area contributed by atoms with E-state index >= 15 is 0 Å². The van der Waals surface area contributed by atoms with Crippen molar-refractivity contribution in [2.24, 2.45) is 0 Å². The van der Waals surface area contributed by atoms with Gasteiger partial charge in [0, 0.05) is 17.1 Å². The molecule has 6 heteroatoms. The molecule has 0 saturated heterocycles. The van der Waals surface area contributed by atoms with E-state index in [1.54, 1.807) is 18.3 Å². The van der Waals surface area contributed by atoms with Gasteiger partial charge in [-0.2, -0.15) is 0 Å². The minimum absolute atomic E-state index is 0.106. The number of pyridine rings is 1. The Morgan fingerprint density at radius 3 is 3.00 bits per heavy atom. The lowest BCUT2D eigenvalue weighted by molar-refractivity contribution is 0.102. The van der Waals surface area contributed by atoms with Gasteiger partial charge in [0.1, 0.15) is 0 Å². The van der Waals surface area contributed by atoms with Gasteiger partial charge in [-0.25, -0.2) is 0 Å². The summed E-state index contributed by atoms with van der Waals surface area (Å²) in [6.45, 7) is 0.106. The van der Waals surface area contributed by atoms with Gasteiger partial charge in [-0.3, -0.25) is 9.78 Å². The molecule has 1 amide bonds. The first kappa shape index (κ1) is 13.8. The van der Waals surface area contributed by atoms with Gasteiger partial charge < -0.3 is 14.8 Å². The molecule has 0 saturated carbocycles. The number of fused-ring (bicyclic) bond motifs is 2. The molecule has 2 heterocycles. The monoisotopic (exact) mass is 326 g/mol. The maximum atomic E-state index is 12.5. The van der Waals surface area contributed by atoms with Gasteiger partial charge in [-0.1, -0.05) is 17.7 Å². The van der Waals surface area contributed by atoms with Crippen molar-refractivity contribution in [3.63, 3.8) is 0 Å². The lowest BCUT2D eigenvalue weighted by atomic mass is 10.1. The van der Waals surface area contributed by atoms with Crippen molar-refractivity contribution in [2.45, 2.75) is 0 Å². The normalized spacial score (nSPS) is 12.4. The topological polar surface area (TPSA) is 60.5 Å². The SMILES string of the molecule is O=C(Nc1cccc2ncccc12)c1cc(Cl)c2c(c1)OCO2. The fourth-order valence-corrected chi connectivity index (χ4v) is 2.77. The third-order valence-corrected chi connectivity index (χ3v) is 3.86. The molecule has 0 aliphatic carbocycles. The number of nitrogens with one attached hydrogen (secondary N) is 1. The van der Waals surface area contributed by atoms with E-state index in [9.17, 15) is 4.79 Å². The lowest BCUT2D eigenvalue weighted by Crippen LogP contribution is -2.12. The summed E-state index contributed by atoms with van der Waals surface area (Å²) in [6.07, 6.45) is 1.71. The van der Waals surface area contributed by atoms with Crippen LogP contribution in [0.5, 0.6) is 11.5 Å². The molecule has 1 aliphatic rings. The van der Waals surface area contributed by atoms with E-state index in [1.165, 1.54) is 0 Å². The summed E-state index contributed by atoms with van der Waals surface area (Å²) >= 11 is 6.12. The lowest BCUT2D eigenvalue weighted by Gasteiger charge is -2.09. The van der Waals surface area contributed by atoms with Crippen molar-refractivity contribution in [3.05, 3.63) is 59.2 Å². The summed E-state index contributed by atoms with van der Waals surface area (Å²) in [5.74, 6) is 0.668. The second-order valence-electron chi connectivity index (χ2n) is 5.02. The largest absolute Gasteiger partial charge is 0.454 e. The Labute approximate surface area is 136 Å². The van der Waals surface area contributed by atoms with Crippen LogP contribution in [-0.4, -0.2) is 17.7 Å². The van der Waals surface area contributed by atoms with Gasteiger partial charge >= 0.3 is 0 Å². The van der Waals surface area contributed by atoms with Gasteiger partial charge in [0.15, 0.2) is 11.5 Å². The number of carbonyl (C=O) groups is 1. The summed E-state index contributed by atoms with van der Waals surface area (Å²) in [5, 5.41) is 4.11. The summed E-state index contributed by atoms with van der Waals surface area (Å²) in [6, 6.07) is 12.5. The average Bonchev–Trinajstić information content (AvgIpc) is 3.04. The van der Waals surface area contributed by atoms with Gasteiger partial charge in [-0.15, -0.1) is 0 Å². The summed E-state index contributed by atoms with van der Waals surface area (Å²) in [7, 11) is 0. The third-order valence-electron chi connectivity index (χ3n) is 3.58. The second-order valence-corrected chi connectivity index (χ2v) is 5.43. The average molecular weight is 327 g/mol. The molecule has 0 radical (unpaired) electrons. The van der Waals surface area contributed by atoms with Crippen LogP contribution >= 0.6 is 11.6 Å².